The minimum Gasteiger partial charge on any atom is -0.347 e. The maximum atomic E-state index is 3.99. The van der Waals surface area contributed by atoms with E-state index >= 15 is 0 Å². The van der Waals surface area contributed by atoms with E-state index in [4.69, 9.17) is 0 Å². The molecule has 0 fully saturated rings. The molecule has 0 aliphatic heterocycles. The lowest BCUT2D eigenvalue weighted by Crippen LogP contribution is -2.20. The number of aryl methyl sites for hydroxylation is 2. The van der Waals surface area contributed by atoms with Crippen molar-refractivity contribution in [3.8, 4) is 0 Å². The van der Waals surface area contributed by atoms with Crippen molar-refractivity contribution in [3.63, 3.8) is 0 Å². The van der Waals surface area contributed by atoms with Crippen LogP contribution in [0.25, 0.3) is 22.9 Å². The van der Waals surface area contributed by atoms with E-state index in [9.17, 15) is 0 Å². The number of nitrogens with one attached hydrogen (secondary N) is 1. The van der Waals surface area contributed by atoms with E-state index in [0.29, 0.717) is 0 Å². The summed E-state index contributed by atoms with van der Waals surface area (Å²) in [5.41, 5.74) is 1.39. The fourth-order valence-electron chi connectivity index (χ4n) is 1.71. The largest absolute Gasteiger partial charge is 0.347 e. The van der Waals surface area contributed by atoms with E-state index in [0.717, 1.165) is 5.35 Å². The molecule has 0 spiro atoms. The first-order valence-electron chi connectivity index (χ1n) is 4.38. The summed E-state index contributed by atoms with van der Waals surface area (Å²) in [6, 6.07) is 0. The zero-order valence-corrected chi connectivity index (χ0v) is 9.01. The Hall–Kier alpha value is -1.02. The maximum Gasteiger partial charge on any atom is 0.101 e. The third-order valence-electron chi connectivity index (χ3n) is 2.53. The van der Waals surface area contributed by atoms with Crippen LogP contribution in [-0.2, 0) is 0 Å². The van der Waals surface area contributed by atoms with E-state index in [1.807, 2.05) is 11.3 Å². The Labute approximate surface area is 81.4 Å². The number of rotatable bonds is 0. The Bertz CT molecular complexity index is 557. The standard InChI is InChI=1S/C11H13NS/c1-5-9-7(3)12-11-10(9)6(2)8(4)13-11/h5,12H,3H2,1-2,4H3/b9-5+. The van der Waals surface area contributed by atoms with Gasteiger partial charge in [-0.15, -0.1) is 11.3 Å². The molecular formula is C11H13NS. The normalized spacial score (nSPS) is 13.0. The third kappa shape index (κ3) is 1.05. The molecule has 0 atom stereocenters. The summed E-state index contributed by atoms with van der Waals surface area (Å²) in [4.78, 5) is 5.97. The van der Waals surface area contributed by atoms with Gasteiger partial charge in [0.05, 0.1) is 0 Å². The van der Waals surface area contributed by atoms with Crippen LogP contribution in [0, 0.1) is 13.8 Å². The SMILES string of the molecule is C=c1[nH]c2sc(C)c(C)c2/c1=C/C. The van der Waals surface area contributed by atoms with Crippen LogP contribution in [-0.4, -0.2) is 4.98 Å². The topological polar surface area (TPSA) is 15.8 Å². The highest BCUT2D eigenvalue weighted by molar-refractivity contribution is 7.18. The smallest absolute Gasteiger partial charge is 0.101 e. The molecule has 0 aliphatic rings. The monoisotopic (exact) mass is 191 g/mol. The highest BCUT2D eigenvalue weighted by Gasteiger charge is 2.07. The zero-order valence-electron chi connectivity index (χ0n) is 8.19. The molecule has 1 nitrogen and oxygen atoms in total. The fourth-order valence-corrected chi connectivity index (χ4v) is 2.81. The maximum absolute atomic E-state index is 3.99. The van der Waals surface area contributed by atoms with Gasteiger partial charge in [0, 0.05) is 20.8 Å². The fraction of sp³-hybridized carbons (Fsp3) is 0.273. The minimum atomic E-state index is 1.03. The molecule has 0 bridgehead atoms. The Morgan fingerprint density at radius 3 is 2.69 bits per heavy atom. The molecule has 13 heavy (non-hydrogen) atoms. The molecule has 0 radical (unpaired) electrons. The van der Waals surface area contributed by atoms with Crippen LogP contribution >= 0.6 is 11.3 Å². The summed E-state index contributed by atoms with van der Waals surface area (Å²) in [6.45, 7) is 10.4. The average molecular weight is 191 g/mol. The van der Waals surface area contributed by atoms with Crippen molar-refractivity contribution < 1.29 is 0 Å². The van der Waals surface area contributed by atoms with Gasteiger partial charge in [0.2, 0.25) is 0 Å². The summed E-state index contributed by atoms with van der Waals surface area (Å²) in [7, 11) is 0. The Morgan fingerprint density at radius 2 is 2.08 bits per heavy atom. The average Bonchev–Trinajstić information content (AvgIpc) is 2.51. The van der Waals surface area contributed by atoms with Crippen LogP contribution in [0.2, 0.25) is 0 Å². The number of aromatic nitrogens is 1. The molecule has 2 aromatic heterocycles. The molecular weight excluding hydrogens is 178 g/mol. The van der Waals surface area contributed by atoms with Gasteiger partial charge in [0.25, 0.3) is 0 Å². The quantitative estimate of drug-likeness (QED) is 0.656. The molecule has 2 aromatic rings. The number of fused-ring (bicyclic) bond motifs is 1. The first-order chi connectivity index (χ1) is 6.15. The van der Waals surface area contributed by atoms with Gasteiger partial charge in [-0.25, -0.2) is 0 Å². The van der Waals surface area contributed by atoms with Crippen LogP contribution in [0.15, 0.2) is 0 Å². The number of hydrogen-bond donors (Lipinski definition) is 1. The van der Waals surface area contributed by atoms with Crippen molar-refractivity contribution in [2.24, 2.45) is 0 Å². The first-order valence-corrected chi connectivity index (χ1v) is 5.19. The van der Waals surface area contributed by atoms with Crippen LogP contribution in [0.1, 0.15) is 17.4 Å². The van der Waals surface area contributed by atoms with Gasteiger partial charge in [-0.05, 0) is 26.3 Å². The number of H-pyrrole nitrogens is 1. The van der Waals surface area contributed by atoms with Crippen molar-refractivity contribution >= 4 is 34.2 Å². The highest BCUT2D eigenvalue weighted by atomic mass is 32.1. The van der Waals surface area contributed by atoms with E-state index in [-0.39, 0.29) is 0 Å². The third-order valence-corrected chi connectivity index (χ3v) is 3.66. The summed E-state index contributed by atoms with van der Waals surface area (Å²) >= 11 is 1.81. The molecule has 0 saturated heterocycles. The molecule has 0 unspecified atom stereocenters. The molecule has 0 aromatic carbocycles. The number of hydrogen-bond acceptors (Lipinski definition) is 1. The molecule has 68 valence electrons. The lowest BCUT2D eigenvalue weighted by atomic mass is 10.2. The Balaban J connectivity index is 3.13. The van der Waals surface area contributed by atoms with Gasteiger partial charge >= 0.3 is 0 Å². The molecule has 1 N–H and O–H groups in total. The van der Waals surface area contributed by atoms with Crippen molar-refractivity contribution in [1.82, 2.24) is 4.98 Å². The van der Waals surface area contributed by atoms with Gasteiger partial charge in [-0.2, -0.15) is 0 Å². The van der Waals surface area contributed by atoms with Crippen LogP contribution < -0.4 is 10.6 Å². The summed E-state index contributed by atoms with van der Waals surface area (Å²) in [6.07, 6.45) is 2.13. The van der Waals surface area contributed by atoms with E-state index < -0.39 is 0 Å². The molecule has 2 rings (SSSR count). The predicted octanol–water partition coefficient (Wildman–Crippen LogP) is 2.06. The lowest BCUT2D eigenvalue weighted by Gasteiger charge is -1.86. The first kappa shape index (κ1) is 8.57. The van der Waals surface area contributed by atoms with E-state index in [2.05, 4.69) is 38.4 Å². The van der Waals surface area contributed by atoms with Crippen molar-refractivity contribution in [1.29, 1.82) is 0 Å². The van der Waals surface area contributed by atoms with E-state index in [1.165, 1.54) is 25.9 Å². The van der Waals surface area contributed by atoms with Gasteiger partial charge in [0.1, 0.15) is 4.83 Å². The number of thiophene rings is 1. The Kier molecular flexibility index (Phi) is 1.81. The van der Waals surface area contributed by atoms with Crippen molar-refractivity contribution in [3.05, 3.63) is 21.0 Å². The second kappa shape index (κ2) is 2.74. The second-order valence-electron chi connectivity index (χ2n) is 3.29. The summed E-state index contributed by atoms with van der Waals surface area (Å²) < 4.78 is 0. The Morgan fingerprint density at radius 1 is 1.38 bits per heavy atom. The molecule has 0 aliphatic carbocycles. The predicted molar refractivity (Wildman–Crippen MR) is 60.6 cm³/mol. The minimum absolute atomic E-state index is 1.03. The lowest BCUT2D eigenvalue weighted by molar-refractivity contribution is 1.38. The van der Waals surface area contributed by atoms with Crippen molar-refractivity contribution in [2.45, 2.75) is 20.8 Å². The van der Waals surface area contributed by atoms with Gasteiger partial charge in [-0.1, -0.05) is 12.7 Å². The van der Waals surface area contributed by atoms with Crippen LogP contribution in [0.3, 0.4) is 0 Å². The van der Waals surface area contributed by atoms with Crippen LogP contribution in [0.5, 0.6) is 0 Å². The van der Waals surface area contributed by atoms with E-state index in [1.54, 1.807) is 0 Å². The van der Waals surface area contributed by atoms with Crippen molar-refractivity contribution in [2.75, 3.05) is 0 Å². The van der Waals surface area contributed by atoms with Gasteiger partial charge in [0.15, 0.2) is 0 Å². The highest BCUT2D eigenvalue weighted by Crippen LogP contribution is 2.24. The summed E-state index contributed by atoms with van der Waals surface area (Å²) in [5, 5.41) is 3.65. The molecule has 2 heteroatoms. The zero-order chi connectivity index (χ0) is 9.59. The molecule has 0 amide bonds. The molecule has 2 heterocycles. The van der Waals surface area contributed by atoms with Crippen LogP contribution in [0.4, 0.5) is 0 Å². The second-order valence-corrected chi connectivity index (χ2v) is 4.52. The van der Waals surface area contributed by atoms with Gasteiger partial charge < -0.3 is 4.98 Å². The molecule has 0 saturated carbocycles. The summed E-state index contributed by atoms with van der Waals surface area (Å²) in [5.74, 6) is 0. The van der Waals surface area contributed by atoms with Gasteiger partial charge in [-0.3, -0.25) is 0 Å². The number of aromatic amines is 1.